The molecule has 2 aromatic carbocycles. The Hall–Kier alpha value is -2.06. The number of rotatable bonds is 3. The van der Waals surface area contributed by atoms with E-state index >= 15 is 0 Å². The van der Waals surface area contributed by atoms with E-state index in [1.807, 2.05) is 30.3 Å². The van der Waals surface area contributed by atoms with Crippen LogP contribution >= 0.6 is 0 Å². The third-order valence-electron chi connectivity index (χ3n) is 3.69. The molecule has 0 bridgehead atoms. The van der Waals surface area contributed by atoms with Gasteiger partial charge >= 0.3 is 0 Å². The minimum atomic E-state index is -0.608. The number of furan rings is 1. The molecule has 0 saturated heterocycles. The molecule has 1 heterocycles. The molecule has 0 amide bonds. The van der Waals surface area contributed by atoms with Gasteiger partial charge in [-0.3, -0.25) is 0 Å². The number of para-hydroxylation sites is 1. The summed E-state index contributed by atoms with van der Waals surface area (Å²) in [4.78, 5) is 0. The smallest absolute Gasteiger partial charge is 0.134 e. The minimum absolute atomic E-state index is 0.577. The van der Waals surface area contributed by atoms with Crippen LogP contribution in [0.2, 0.25) is 0 Å². The van der Waals surface area contributed by atoms with E-state index in [9.17, 15) is 5.11 Å². The zero-order valence-corrected chi connectivity index (χ0v) is 11.8. The van der Waals surface area contributed by atoms with Gasteiger partial charge in [-0.2, -0.15) is 0 Å². The fraction of sp³-hybridized carbons (Fsp3) is 0.222. The largest absolute Gasteiger partial charge is 0.458 e. The number of fused-ring (bicyclic) bond motifs is 1. The second-order valence-corrected chi connectivity index (χ2v) is 5.34. The molecule has 20 heavy (non-hydrogen) atoms. The highest BCUT2D eigenvalue weighted by molar-refractivity contribution is 5.77. The molecule has 1 N–H and O–H groups in total. The molecule has 0 aliphatic heterocycles. The van der Waals surface area contributed by atoms with Gasteiger partial charge in [0.2, 0.25) is 0 Å². The summed E-state index contributed by atoms with van der Waals surface area (Å²) in [5, 5.41) is 11.4. The number of benzene rings is 2. The lowest BCUT2D eigenvalue weighted by Crippen LogP contribution is -2.02. The SMILES string of the molecule is Cc1ccc(C)c(CC(O)c2cc3ccccc3o2)c1. The van der Waals surface area contributed by atoms with Gasteiger partial charge in [0.25, 0.3) is 0 Å². The first-order valence-electron chi connectivity index (χ1n) is 6.86. The van der Waals surface area contributed by atoms with E-state index < -0.39 is 6.10 Å². The lowest BCUT2D eigenvalue weighted by Gasteiger charge is -2.11. The van der Waals surface area contributed by atoms with Crippen molar-refractivity contribution in [1.29, 1.82) is 0 Å². The van der Waals surface area contributed by atoms with E-state index in [0.717, 1.165) is 16.5 Å². The molecule has 1 aromatic heterocycles. The highest BCUT2D eigenvalue weighted by Crippen LogP contribution is 2.27. The molecule has 102 valence electrons. The van der Waals surface area contributed by atoms with Gasteiger partial charge < -0.3 is 9.52 Å². The van der Waals surface area contributed by atoms with Crippen molar-refractivity contribution in [3.63, 3.8) is 0 Å². The van der Waals surface area contributed by atoms with E-state index in [1.54, 1.807) is 0 Å². The monoisotopic (exact) mass is 266 g/mol. The number of aryl methyl sites for hydroxylation is 2. The summed E-state index contributed by atoms with van der Waals surface area (Å²) in [5.74, 6) is 0.632. The maximum Gasteiger partial charge on any atom is 0.134 e. The predicted molar refractivity (Wildman–Crippen MR) is 80.8 cm³/mol. The Morgan fingerprint density at radius 3 is 2.65 bits per heavy atom. The number of hydrogen-bond acceptors (Lipinski definition) is 2. The Morgan fingerprint density at radius 2 is 1.85 bits per heavy atom. The van der Waals surface area contributed by atoms with Gasteiger partial charge in [0, 0.05) is 11.8 Å². The van der Waals surface area contributed by atoms with Gasteiger partial charge in [0.15, 0.2) is 0 Å². The van der Waals surface area contributed by atoms with Gasteiger partial charge in [0.05, 0.1) is 0 Å². The zero-order chi connectivity index (χ0) is 14.1. The number of hydrogen-bond donors (Lipinski definition) is 1. The molecule has 2 heteroatoms. The summed E-state index contributed by atoms with van der Waals surface area (Å²) in [5.41, 5.74) is 4.40. The molecule has 0 radical (unpaired) electrons. The van der Waals surface area contributed by atoms with Crippen molar-refractivity contribution in [2.75, 3.05) is 0 Å². The quantitative estimate of drug-likeness (QED) is 0.765. The Balaban J connectivity index is 1.88. The summed E-state index contributed by atoms with van der Waals surface area (Å²) in [6.45, 7) is 4.14. The average Bonchev–Trinajstić information content (AvgIpc) is 2.87. The molecular formula is C18H18O2. The molecule has 0 spiro atoms. The zero-order valence-electron chi connectivity index (χ0n) is 11.8. The van der Waals surface area contributed by atoms with E-state index in [4.69, 9.17) is 4.42 Å². The Kier molecular flexibility index (Phi) is 3.33. The van der Waals surface area contributed by atoms with Crippen molar-refractivity contribution < 1.29 is 9.52 Å². The Bertz CT molecular complexity index is 707. The van der Waals surface area contributed by atoms with Gasteiger partial charge in [0.1, 0.15) is 17.4 Å². The van der Waals surface area contributed by atoms with E-state index in [-0.39, 0.29) is 0 Å². The van der Waals surface area contributed by atoms with Crippen LogP contribution in [-0.2, 0) is 6.42 Å². The lowest BCUT2D eigenvalue weighted by molar-refractivity contribution is 0.152. The molecular weight excluding hydrogens is 248 g/mol. The third kappa shape index (κ3) is 2.47. The molecule has 0 fully saturated rings. The van der Waals surface area contributed by atoms with Crippen molar-refractivity contribution in [1.82, 2.24) is 0 Å². The summed E-state index contributed by atoms with van der Waals surface area (Å²) < 4.78 is 5.72. The predicted octanol–water partition coefficient (Wildman–Crippen LogP) is 4.33. The molecule has 1 unspecified atom stereocenters. The van der Waals surface area contributed by atoms with Gasteiger partial charge in [-0.1, -0.05) is 42.0 Å². The summed E-state index contributed by atoms with van der Waals surface area (Å²) in [6, 6.07) is 16.1. The van der Waals surface area contributed by atoms with Crippen molar-refractivity contribution in [2.24, 2.45) is 0 Å². The average molecular weight is 266 g/mol. The van der Waals surface area contributed by atoms with E-state index in [0.29, 0.717) is 12.2 Å². The summed E-state index contributed by atoms with van der Waals surface area (Å²) in [7, 11) is 0. The van der Waals surface area contributed by atoms with Crippen molar-refractivity contribution in [3.05, 3.63) is 71.0 Å². The fourth-order valence-corrected chi connectivity index (χ4v) is 2.50. The molecule has 0 saturated carbocycles. The number of aliphatic hydroxyl groups is 1. The maximum atomic E-state index is 10.4. The minimum Gasteiger partial charge on any atom is -0.458 e. The highest BCUT2D eigenvalue weighted by Gasteiger charge is 2.15. The van der Waals surface area contributed by atoms with Crippen LogP contribution in [-0.4, -0.2) is 5.11 Å². The topological polar surface area (TPSA) is 33.4 Å². The first kappa shape index (κ1) is 12.9. The number of aliphatic hydroxyl groups excluding tert-OH is 1. The van der Waals surface area contributed by atoms with Crippen LogP contribution in [0.5, 0.6) is 0 Å². The van der Waals surface area contributed by atoms with E-state index in [2.05, 4.69) is 32.0 Å². The first-order chi connectivity index (χ1) is 9.63. The van der Waals surface area contributed by atoms with Gasteiger partial charge in [-0.25, -0.2) is 0 Å². The third-order valence-corrected chi connectivity index (χ3v) is 3.69. The molecule has 3 aromatic rings. The van der Waals surface area contributed by atoms with Crippen molar-refractivity contribution in [3.8, 4) is 0 Å². The van der Waals surface area contributed by atoms with Crippen LogP contribution in [0.25, 0.3) is 11.0 Å². The molecule has 0 aliphatic rings. The van der Waals surface area contributed by atoms with Crippen molar-refractivity contribution >= 4 is 11.0 Å². The normalized spacial score (nSPS) is 12.8. The second kappa shape index (κ2) is 5.14. The standard InChI is InChI=1S/C18H18O2/c1-12-7-8-13(2)15(9-12)10-16(19)18-11-14-5-3-4-6-17(14)20-18/h3-9,11,16,19H,10H2,1-2H3. The van der Waals surface area contributed by atoms with Gasteiger partial charge in [-0.05, 0) is 37.1 Å². The second-order valence-electron chi connectivity index (χ2n) is 5.34. The molecule has 3 rings (SSSR count). The summed E-state index contributed by atoms with van der Waals surface area (Å²) in [6.07, 6.45) is -0.0317. The van der Waals surface area contributed by atoms with Crippen LogP contribution in [0.3, 0.4) is 0 Å². The molecule has 2 nitrogen and oxygen atoms in total. The van der Waals surface area contributed by atoms with Gasteiger partial charge in [-0.15, -0.1) is 0 Å². The Morgan fingerprint density at radius 1 is 1.05 bits per heavy atom. The maximum absolute atomic E-state index is 10.4. The highest BCUT2D eigenvalue weighted by atomic mass is 16.4. The van der Waals surface area contributed by atoms with Crippen LogP contribution < -0.4 is 0 Å². The van der Waals surface area contributed by atoms with Crippen molar-refractivity contribution in [2.45, 2.75) is 26.4 Å². The first-order valence-corrected chi connectivity index (χ1v) is 6.86. The Labute approximate surface area is 118 Å². The molecule has 0 aliphatic carbocycles. The lowest BCUT2D eigenvalue weighted by atomic mass is 9.99. The van der Waals surface area contributed by atoms with Crippen LogP contribution in [0.15, 0.2) is 52.9 Å². The summed E-state index contributed by atoms with van der Waals surface area (Å²) >= 11 is 0. The van der Waals surface area contributed by atoms with Crippen LogP contribution in [0.4, 0.5) is 0 Å². The van der Waals surface area contributed by atoms with Crippen LogP contribution in [0.1, 0.15) is 28.6 Å². The molecule has 1 atom stereocenters. The van der Waals surface area contributed by atoms with Crippen LogP contribution in [0, 0.1) is 13.8 Å². The fourth-order valence-electron chi connectivity index (χ4n) is 2.50. The van der Waals surface area contributed by atoms with E-state index in [1.165, 1.54) is 11.1 Å².